The molecule has 0 aliphatic rings. The molecule has 0 amide bonds. The third-order valence-electron chi connectivity index (χ3n) is 3.59. The monoisotopic (exact) mass is 418 g/mol. The maximum atomic E-state index is 10.7. The van der Waals surface area contributed by atoms with E-state index in [-0.39, 0.29) is 24.3 Å². The molecule has 0 heterocycles. The van der Waals surface area contributed by atoms with Gasteiger partial charge in [0.2, 0.25) is 0 Å². The summed E-state index contributed by atoms with van der Waals surface area (Å²) in [6, 6.07) is 7.68. The van der Waals surface area contributed by atoms with Gasteiger partial charge in [0.05, 0.1) is 11.5 Å². The van der Waals surface area contributed by atoms with Crippen molar-refractivity contribution in [3.8, 4) is 0 Å². The van der Waals surface area contributed by atoms with Crippen molar-refractivity contribution in [3.63, 3.8) is 0 Å². The molecule has 0 saturated carbocycles. The van der Waals surface area contributed by atoms with Crippen LogP contribution >= 0.6 is 0 Å². The number of nitrogens with zero attached hydrogens (tertiary/aromatic N) is 2. The van der Waals surface area contributed by atoms with Gasteiger partial charge in [0, 0.05) is 31.4 Å². The number of rotatable bonds is 12. The Kier molecular flexibility index (Phi) is 9.78. The van der Waals surface area contributed by atoms with Crippen molar-refractivity contribution < 1.29 is 25.9 Å². The van der Waals surface area contributed by atoms with Crippen molar-refractivity contribution in [2.75, 3.05) is 24.6 Å². The second-order valence-corrected chi connectivity index (χ2v) is 9.18. The van der Waals surface area contributed by atoms with Crippen LogP contribution in [0.25, 0.3) is 0 Å². The molecule has 0 aliphatic carbocycles. The van der Waals surface area contributed by atoms with E-state index in [0.29, 0.717) is 19.5 Å². The first-order valence-electron chi connectivity index (χ1n) is 8.60. The largest absolute Gasteiger partial charge is 0.294 e. The molecule has 0 spiro atoms. The van der Waals surface area contributed by atoms with E-state index in [1.807, 2.05) is 31.2 Å². The lowest BCUT2D eigenvalue weighted by atomic mass is 10.0. The van der Waals surface area contributed by atoms with Crippen molar-refractivity contribution in [3.05, 3.63) is 35.4 Å². The van der Waals surface area contributed by atoms with E-state index < -0.39 is 20.2 Å². The lowest BCUT2D eigenvalue weighted by molar-refractivity contribution is 0.479. The molecule has 0 unspecified atom stereocenters. The Hall–Kier alpha value is -1.62. The maximum absolute atomic E-state index is 10.7. The SMILES string of the molecule is CC/C(Cc1cccc(/C=N/CCCS(=O)(=O)O)c1)=N/CCCS(=O)(=O)O. The van der Waals surface area contributed by atoms with Crippen molar-refractivity contribution in [2.45, 2.75) is 32.6 Å². The van der Waals surface area contributed by atoms with Gasteiger partial charge in [-0.05, 0) is 36.5 Å². The zero-order chi connectivity index (χ0) is 20.3. The molecule has 8 nitrogen and oxygen atoms in total. The molecule has 2 N–H and O–H groups in total. The molecule has 1 rings (SSSR count). The summed E-state index contributed by atoms with van der Waals surface area (Å²) < 4.78 is 60.1. The molecule has 27 heavy (non-hydrogen) atoms. The molecule has 10 heteroatoms. The summed E-state index contributed by atoms with van der Waals surface area (Å²) in [4.78, 5) is 8.56. The van der Waals surface area contributed by atoms with Crippen LogP contribution < -0.4 is 0 Å². The molecular weight excluding hydrogens is 392 g/mol. The maximum Gasteiger partial charge on any atom is 0.264 e. The summed E-state index contributed by atoms with van der Waals surface area (Å²) in [6.45, 7) is 2.62. The zero-order valence-electron chi connectivity index (χ0n) is 15.3. The van der Waals surface area contributed by atoms with E-state index in [1.54, 1.807) is 6.21 Å². The van der Waals surface area contributed by atoms with Gasteiger partial charge in [-0.2, -0.15) is 16.8 Å². The van der Waals surface area contributed by atoms with Gasteiger partial charge in [0.25, 0.3) is 20.2 Å². The van der Waals surface area contributed by atoms with Crippen LogP contribution in [0.4, 0.5) is 0 Å². The fourth-order valence-electron chi connectivity index (χ4n) is 2.30. The predicted octanol–water partition coefficient (Wildman–Crippen LogP) is 2.05. The van der Waals surface area contributed by atoms with Crippen molar-refractivity contribution in [1.82, 2.24) is 0 Å². The molecule has 0 radical (unpaired) electrons. The molecule has 0 aromatic heterocycles. The molecular formula is C17H26N2O6S2. The zero-order valence-corrected chi connectivity index (χ0v) is 16.9. The second kappa shape index (κ2) is 11.3. The Morgan fingerprint density at radius 3 is 2.26 bits per heavy atom. The number of aliphatic imine (C=N–C) groups is 2. The second-order valence-electron chi connectivity index (χ2n) is 6.04. The van der Waals surface area contributed by atoms with Crippen LogP contribution in [0.3, 0.4) is 0 Å². The van der Waals surface area contributed by atoms with E-state index in [0.717, 1.165) is 23.3 Å². The number of hydrogen-bond acceptors (Lipinski definition) is 6. The first-order valence-corrected chi connectivity index (χ1v) is 11.8. The summed E-state index contributed by atoms with van der Waals surface area (Å²) in [5.41, 5.74) is 2.85. The molecule has 0 bridgehead atoms. The normalized spacial score (nSPS) is 13.4. The summed E-state index contributed by atoms with van der Waals surface area (Å²) in [7, 11) is -7.89. The van der Waals surface area contributed by atoms with E-state index in [4.69, 9.17) is 9.11 Å². The minimum Gasteiger partial charge on any atom is -0.294 e. The number of benzene rings is 1. The average Bonchev–Trinajstić information content (AvgIpc) is 2.55. The van der Waals surface area contributed by atoms with Gasteiger partial charge < -0.3 is 0 Å². The molecule has 0 saturated heterocycles. The predicted molar refractivity (Wildman–Crippen MR) is 107 cm³/mol. The van der Waals surface area contributed by atoms with Gasteiger partial charge >= 0.3 is 0 Å². The molecule has 152 valence electrons. The van der Waals surface area contributed by atoms with Gasteiger partial charge in [-0.25, -0.2) is 0 Å². The minimum atomic E-state index is -3.95. The lowest BCUT2D eigenvalue weighted by Gasteiger charge is -2.06. The van der Waals surface area contributed by atoms with Crippen molar-refractivity contribution in [1.29, 1.82) is 0 Å². The molecule has 0 atom stereocenters. The summed E-state index contributed by atoms with van der Waals surface area (Å²) in [5.74, 6) is -0.602. The van der Waals surface area contributed by atoms with Crippen LogP contribution in [0, 0.1) is 0 Å². The van der Waals surface area contributed by atoms with Crippen molar-refractivity contribution >= 4 is 32.2 Å². The van der Waals surface area contributed by atoms with Crippen LogP contribution in [0.15, 0.2) is 34.3 Å². The average molecular weight is 419 g/mol. The standard InChI is InChI=1S/C17H26N2O6S2/c1-2-17(19-9-5-11-27(23,24)25)13-15-6-3-7-16(12-15)14-18-8-4-10-26(20,21)22/h3,6-7,12,14H,2,4-5,8-11,13H2,1H3,(H,20,21,22)(H,23,24,25)/b18-14+,19-17-. The Bertz CT molecular complexity index is 861. The minimum absolute atomic E-state index is 0.255. The third-order valence-corrected chi connectivity index (χ3v) is 5.20. The van der Waals surface area contributed by atoms with Gasteiger partial charge in [-0.15, -0.1) is 0 Å². The van der Waals surface area contributed by atoms with Gasteiger partial charge in [0.1, 0.15) is 0 Å². The summed E-state index contributed by atoms with van der Waals surface area (Å²) in [6.07, 6.45) is 3.55. The Balaban J connectivity index is 2.58. The fraction of sp³-hybridized carbons (Fsp3) is 0.529. The Labute approximate surface area is 160 Å². The summed E-state index contributed by atoms with van der Waals surface area (Å²) >= 11 is 0. The van der Waals surface area contributed by atoms with E-state index >= 15 is 0 Å². The van der Waals surface area contributed by atoms with Crippen LogP contribution in [0.5, 0.6) is 0 Å². The van der Waals surface area contributed by atoms with Crippen LogP contribution in [0.2, 0.25) is 0 Å². The van der Waals surface area contributed by atoms with Gasteiger partial charge in [-0.3, -0.25) is 19.1 Å². The molecule has 0 fully saturated rings. The van der Waals surface area contributed by atoms with Crippen LogP contribution in [-0.2, 0) is 26.7 Å². The topological polar surface area (TPSA) is 133 Å². The first-order chi connectivity index (χ1) is 12.6. The Morgan fingerprint density at radius 1 is 1.04 bits per heavy atom. The van der Waals surface area contributed by atoms with Crippen LogP contribution in [0.1, 0.15) is 37.3 Å². The summed E-state index contributed by atoms with van der Waals surface area (Å²) in [5, 5.41) is 0. The highest BCUT2D eigenvalue weighted by Gasteiger charge is 2.05. The lowest BCUT2D eigenvalue weighted by Crippen LogP contribution is -2.07. The highest BCUT2D eigenvalue weighted by molar-refractivity contribution is 7.86. The Morgan fingerprint density at radius 2 is 1.67 bits per heavy atom. The smallest absolute Gasteiger partial charge is 0.264 e. The molecule has 1 aromatic carbocycles. The van der Waals surface area contributed by atoms with E-state index in [2.05, 4.69) is 9.98 Å². The molecule has 0 aliphatic heterocycles. The first kappa shape index (κ1) is 23.4. The third kappa shape index (κ3) is 12.4. The van der Waals surface area contributed by atoms with Gasteiger partial charge in [-0.1, -0.05) is 25.1 Å². The van der Waals surface area contributed by atoms with E-state index in [1.165, 1.54) is 0 Å². The number of hydrogen-bond donors (Lipinski definition) is 2. The van der Waals surface area contributed by atoms with E-state index in [9.17, 15) is 16.8 Å². The highest BCUT2D eigenvalue weighted by atomic mass is 32.2. The van der Waals surface area contributed by atoms with Crippen molar-refractivity contribution in [2.24, 2.45) is 9.98 Å². The van der Waals surface area contributed by atoms with Gasteiger partial charge in [0.15, 0.2) is 0 Å². The molecule has 1 aromatic rings. The highest BCUT2D eigenvalue weighted by Crippen LogP contribution is 2.07. The van der Waals surface area contributed by atoms with Crippen LogP contribution in [-0.4, -0.2) is 62.5 Å². The quantitative estimate of drug-likeness (QED) is 0.303. The fourth-order valence-corrected chi connectivity index (χ4v) is 3.29.